The van der Waals surface area contributed by atoms with Gasteiger partial charge in [-0.3, -0.25) is 19.2 Å². The summed E-state index contributed by atoms with van der Waals surface area (Å²) in [6.45, 7) is 5.68. The molecule has 0 spiro atoms. The molecule has 0 aliphatic rings. The largest absolute Gasteiger partial charge is 2.00 e. The summed E-state index contributed by atoms with van der Waals surface area (Å²) in [5.41, 5.74) is 19.3. The molecule has 0 radical (unpaired) electrons. The Kier molecular flexibility index (Phi) is 54.8. The number of carboxylic acids is 4. The molecule has 0 heterocycles. The van der Waals surface area contributed by atoms with Crippen molar-refractivity contribution in [1.82, 2.24) is 0 Å². The topological polar surface area (TPSA) is 316 Å². The zero-order valence-electron chi connectivity index (χ0n) is 15.9. The van der Waals surface area contributed by atoms with Gasteiger partial charge in [0.25, 0.3) is 0 Å². The molecule has 28 heavy (non-hydrogen) atoms. The first kappa shape index (κ1) is 50.4. The van der Waals surface area contributed by atoms with E-state index in [9.17, 15) is 19.2 Å². The van der Waals surface area contributed by atoms with Gasteiger partial charge in [0.05, 0.1) is 0 Å². The van der Waals surface area contributed by atoms with Crippen LogP contribution in [0.1, 0.15) is 27.7 Å². The minimum absolute atomic E-state index is 0. The fourth-order valence-electron chi connectivity index (χ4n) is 0. The van der Waals surface area contributed by atoms with E-state index in [4.69, 9.17) is 43.4 Å². The quantitative estimate of drug-likeness (QED) is 0.185. The van der Waals surface area contributed by atoms with Gasteiger partial charge in [0.15, 0.2) is 0 Å². The third kappa shape index (κ3) is 64.2. The van der Waals surface area contributed by atoms with Crippen LogP contribution in [0.4, 0.5) is 0 Å². The second-order valence-electron chi connectivity index (χ2n) is 4.51. The van der Waals surface area contributed by atoms with E-state index in [1.807, 2.05) is 0 Å². The molecular formula is C12H32Cr2N4O10+4. The molecule has 0 aromatic rings. The molecule has 0 amide bonds. The smallest absolute Gasteiger partial charge is 0.480 e. The first-order chi connectivity index (χ1) is 10.6. The van der Waals surface area contributed by atoms with E-state index in [2.05, 4.69) is 0 Å². The van der Waals surface area contributed by atoms with E-state index in [1.165, 1.54) is 27.7 Å². The molecule has 0 fully saturated rings. The molecule has 168 valence electrons. The minimum atomic E-state index is -0.963. The zero-order valence-corrected chi connectivity index (χ0v) is 18.4. The van der Waals surface area contributed by atoms with Crippen molar-refractivity contribution in [2.45, 2.75) is 51.9 Å². The molecule has 16 N–H and O–H groups in total. The van der Waals surface area contributed by atoms with Crippen LogP contribution < -0.4 is 22.9 Å². The van der Waals surface area contributed by atoms with Gasteiger partial charge in [-0.05, 0) is 27.7 Å². The van der Waals surface area contributed by atoms with Crippen LogP contribution >= 0.6 is 0 Å². The maximum Gasteiger partial charge on any atom is 2.00 e. The van der Waals surface area contributed by atoms with Crippen molar-refractivity contribution >= 4 is 23.9 Å². The zero-order chi connectivity index (χ0) is 20.6. The predicted octanol–water partition coefficient (Wildman–Crippen LogP) is -3.98. The molecule has 0 rings (SSSR count). The molecule has 16 heteroatoms. The Morgan fingerprint density at radius 1 is 0.500 bits per heavy atom. The molecule has 0 aliphatic carbocycles. The molecule has 0 aliphatic heterocycles. The third-order valence-corrected chi connectivity index (χ3v) is 1.56. The average Bonchev–Trinajstić information content (AvgIpc) is 2.40. The van der Waals surface area contributed by atoms with Gasteiger partial charge in [0, 0.05) is 0 Å². The summed E-state index contributed by atoms with van der Waals surface area (Å²) in [6.07, 6.45) is 0. The summed E-state index contributed by atoms with van der Waals surface area (Å²) in [4.78, 5) is 38.3. The first-order valence-corrected chi connectivity index (χ1v) is 6.51. The Hall–Kier alpha value is -1.30. The first-order valence-electron chi connectivity index (χ1n) is 6.51. The Bertz CT molecular complexity index is 325. The SMILES string of the molecule is CC(N)C(=O)O.CC(N)C(=O)O.CC(N)C(=O)O.CC(N)C(=O)O.O.O.[Cr+2].[Cr+2]. The van der Waals surface area contributed by atoms with Crippen LogP contribution in [0.25, 0.3) is 0 Å². The molecule has 4 unspecified atom stereocenters. The second kappa shape index (κ2) is 30.4. The maximum atomic E-state index is 9.57. The van der Waals surface area contributed by atoms with Gasteiger partial charge >= 0.3 is 58.6 Å². The van der Waals surface area contributed by atoms with Crippen LogP contribution in [0.2, 0.25) is 0 Å². The van der Waals surface area contributed by atoms with Crippen LogP contribution in [0.5, 0.6) is 0 Å². The van der Waals surface area contributed by atoms with Gasteiger partial charge < -0.3 is 54.3 Å². The summed E-state index contributed by atoms with van der Waals surface area (Å²) in [5, 5.41) is 31.5. The number of rotatable bonds is 4. The number of carboxylic acid groups (broad SMARTS) is 4. The molecule has 4 atom stereocenters. The number of hydrogen-bond acceptors (Lipinski definition) is 8. The van der Waals surface area contributed by atoms with Gasteiger partial charge in [-0.2, -0.15) is 0 Å². The molecule has 0 saturated heterocycles. The Labute approximate surface area is 184 Å². The van der Waals surface area contributed by atoms with Crippen LogP contribution in [0, 0.1) is 0 Å². The molecular weight excluding hydrogens is 464 g/mol. The van der Waals surface area contributed by atoms with Crippen molar-refractivity contribution in [2.75, 3.05) is 0 Å². The number of nitrogens with two attached hydrogens (primary N) is 4. The fourth-order valence-corrected chi connectivity index (χ4v) is 0. The van der Waals surface area contributed by atoms with E-state index in [0.717, 1.165) is 0 Å². The summed E-state index contributed by atoms with van der Waals surface area (Å²) in [7, 11) is 0. The van der Waals surface area contributed by atoms with Crippen LogP contribution in [-0.4, -0.2) is 79.4 Å². The van der Waals surface area contributed by atoms with Crippen molar-refractivity contribution in [3.05, 3.63) is 0 Å². The van der Waals surface area contributed by atoms with Crippen molar-refractivity contribution in [2.24, 2.45) is 22.9 Å². The van der Waals surface area contributed by atoms with Gasteiger partial charge in [-0.15, -0.1) is 0 Å². The van der Waals surface area contributed by atoms with E-state index in [1.54, 1.807) is 0 Å². The Morgan fingerprint density at radius 2 is 0.536 bits per heavy atom. The van der Waals surface area contributed by atoms with E-state index < -0.39 is 48.0 Å². The molecule has 0 aromatic heterocycles. The van der Waals surface area contributed by atoms with E-state index in [0.29, 0.717) is 0 Å². The van der Waals surface area contributed by atoms with Gasteiger partial charge in [-0.1, -0.05) is 0 Å². The normalized spacial score (nSPS) is 11.7. The monoisotopic (exact) mass is 496 g/mol. The molecule has 0 bridgehead atoms. The van der Waals surface area contributed by atoms with Crippen molar-refractivity contribution < 1.29 is 85.3 Å². The maximum absolute atomic E-state index is 9.57. The van der Waals surface area contributed by atoms with Crippen LogP contribution in [0.3, 0.4) is 0 Å². The Morgan fingerprint density at radius 3 is 0.536 bits per heavy atom. The van der Waals surface area contributed by atoms with Crippen LogP contribution in [-0.2, 0) is 53.9 Å². The summed E-state index contributed by atoms with van der Waals surface area (Å²) in [6, 6.07) is -2.93. The van der Waals surface area contributed by atoms with Crippen molar-refractivity contribution in [3.8, 4) is 0 Å². The summed E-state index contributed by atoms with van der Waals surface area (Å²) < 4.78 is 0. The van der Waals surface area contributed by atoms with E-state index >= 15 is 0 Å². The van der Waals surface area contributed by atoms with Gasteiger partial charge in [-0.25, -0.2) is 0 Å². The third-order valence-electron chi connectivity index (χ3n) is 1.56. The number of aliphatic carboxylic acids is 4. The van der Waals surface area contributed by atoms with Crippen molar-refractivity contribution in [1.29, 1.82) is 0 Å². The Balaban J connectivity index is -0.0000000303. The van der Waals surface area contributed by atoms with E-state index in [-0.39, 0.29) is 45.7 Å². The number of hydrogen-bond donors (Lipinski definition) is 8. The van der Waals surface area contributed by atoms with Gasteiger partial charge in [0.2, 0.25) is 0 Å². The standard InChI is InChI=1S/4C3H7NO2.2Cr.2H2O/c4*1-2(4)3(5)6;;;;/h4*2H,4H2,1H3,(H,5,6);;;2*1H2/q;;;;2*+2;;. The minimum Gasteiger partial charge on any atom is -0.480 e. The molecule has 0 saturated carbocycles. The number of carbonyl (C=O) groups is 4. The summed E-state index contributed by atoms with van der Waals surface area (Å²) >= 11 is 0. The van der Waals surface area contributed by atoms with Crippen molar-refractivity contribution in [3.63, 3.8) is 0 Å². The average molecular weight is 496 g/mol. The molecule has 14 nitrogen and oxygen atoms in total. The molecule has 0 aromatic carbocycles. The fraction of sp³-hybridized carbons (Fsp3) is 0.667. The summed E-state index contributed by atoms with van der Waals surface area (Å²) in [5.74, 6) is -3.85. The van der Waals surface area contributed by atoms with Crippen LogP contribution in [0.15, 0.2) is 0 Å². The predicted molar refractivity (Wildman–Crippen MR) is 92.4 cm³/mol. The van der Waals surface area contributed by atoms with Gasteiger partial charge in [0.1, 0.15) is 24.2 Å². The second-order valence-corrected chi connectivity index (χ2v) is 4.51.